The SMILES string of the molecule is CCCCOC(=O)N1CCN(c2ccc([N+](=O)[O-])c(N[C@H](C)c3ccc(Cl)cc3Cl)c2)[C@H](C)C1. The summed E-state index contributed by atoms with van der Waals surface area (Å²) >= 11 is 12.3. The number of ether oxygens (including phenoxy) is 1. The lowest BCUT2D eigenvalue weighted by atomic mass is 10.1. The lowest BCUT2D eigenvalue weighted by Gasteiger charge is -2.40. The van der Waals surface area contributed by atoms with Gasteiger partial charge in [-0.05, 0) is 50.1 Å². The predicted octanol–water partition coefficient (Wildman–Crippen LogP) is 6.52. The van der Waals surface area contributed by atoms with Crippen LogP contribution >= 0.6 is 23.2 Å². The Hall–Kier alpha value is -2.71. The molecule has 1 N–H and O–H groups in total. The predicted molar refractivity (Wildman–Crippen MR) is 136 cm³/mol. The van der Waals surface area contributed by atoms with Crippen LogP contribution in [0.25, 0.3) is 0 Å². The first-order valence-electron chi connectivity index (χ1n) is 11.4. The van der Waals surface area contributed by atoms with Gasteiger partial charge in [-0.15, -0.1) is 0 Å². The van der Waals surface area contributed by atoms with Gasteiger partial charge in [0.05, 0.1) is 17.6 Å². The van der Waals surface area contributed by atoms with Gasteiger partial charge in [0.1, 0.15) is 5.69 Å². The molecule has 2 aromatic carbocycles. The molecule has 0 aromatic heterocycles. The summed E-state index contributed by atoms with van der Waals surface area (Å²) in [5.41, 5.74) is 2.00. The first-order valence-corrected chi connectivity index (χ1v) is 12.1. The molecule has 0 bridgehead atoms. The van der Waals surface area contributed by atoms with Crippen LogP contribution < -0.4 is 10.2 Å². The van der Waals surface area contributed by atoms with Crippen LogP contribution in [0.3, 0.4) is 0 Å². The number of rotatable bonds is 8. The number of nitrogens with one attached hydrogen (secondary N) is 1. The number of anilines is 2. The summed E-state index contributed by atoms with van der Waals surface area (Å²) in [5.74, 6) is 0. The number of benzene rings is 2. The Morgan fingerprint density at radius 1 is 1.26 bits per heavy atom. The third-order valence-electron chi connectivity index (χ3n) is 5.92. The van der Waals surface area contributed by atoms with Gasteiger partial charge < -0.3 is 19.9 Å². The summed E-state index contributed by atoms with van der Waals surface area (Å²) in [6.45, 7) is 8.02. The standard InChI is InChI=1S/C24H30Cl2N4O4/c1-4-5-12-34-24(31)28-10-11-29(16(2)15-28)19-7-9-23(30(32)33)22(14-19)27-17(3)20-8-6-18(25)13-21(20)26/h6-9,13-14,16-17,27H,4-5,10-12,15H2,1-3H3/t16-,17-/m1/s1. The van der Waals surface area contributed by atoms with E-state index >= 15 is 0 Å². The number of carbonyl (C=O) groups excluding carboxylic acids is 1. The molecule has 1 heterocycles. The molecular weight excluding hydrogens is 479 g/mol. The first-order chi connectivity index (χ1) is 16.2. The topological polar surface area (TPSA) is 88.0 Å². The van der Waals surface area contributed by atoms with E-state index in [9.17, 15) is 14.9 Å². The van der Waals surface area contributed by atoms with Gasteiger partial charge in [-0.25, -0.2) is 4.79 Å². The van der Waals surface area contributed by atoms with Crippen molar-refractivity contribution < 1.29 is 14.5 Å². The molecule has 3 rings (SSSR count). The molecule has 1 saturated heterocycles. The van der Waals surface area contributed by atoms with E-state index in [2.05, 4.69) is 10.2 Å². The maximum absolute atomic E-state index is 12.3. The van der Waals surface area contributed by atoms with Crippen molar-refractivity contribution in [3.05, 3.63) is 62.1 Å². The van der Waals surface area contributed by atoms with Crippen LogP contribution in [0.4, 0.5) is 21.9 Å². The van der Waals surface area contributed by atoms with E-state index in [4.69, 9.17) is 27.9 Å². The monoisotopic (exact) mass is 508 g/mol. The molecule has 0 saturated carbocycles. The average Bonchev–Trinajstić information content (AvgIpc) is 2.78. The Bertz CT molecular complexity index is 1040. The Labute approximate surface area is 209 Å². The van der Waals surface area contributed by atoms with E-state index in [0.717, 1.165) is 24.1 Å². The third kappa shape index (κ3) is 6.24. The molecule has 2 atom stereocenters. The van der Waals surface area contributed by atoms with Crippen LogP contribution in [0, 0.1) is 10.1 Å². The smallest absolute Gasteiger partial charge is 0.409 e. The van der Waals surface area contributed by atoms with Gasteiger partial charge in [0, 0.05) is 47.5 Å². The highest BCUT2D eigenvalue weighted by atomic mass is 35.5. The quantitative estimate of drug-likeness (QED) is 0.248. The minimum absolute atomic E-state index is 0.0184. The Kier molecular flexibility index (Phi) is 8.85. The summed E-state index contributed by atoms with van der Waals surface area (Å²) in [6.07, 6.45) is 1.52. The van der Waals surface area contributed by atoms with Crippen molar-refractivity contribution in [2.75, 3.05) is 36.5 Å². The molecule has 10 heteroatoms. The summed E-state index contributed by atoms with van der Waals surface area (Å²) in [7, 11) is 0. The van der Waals surface area contributed by atoms with Crippen LogP contribution in [0.1, 0.15) is 45.2 Å². The number of hydrogen-bond donors (Lipinski definition) is 1. The Morgan fingerprint density at radius 3 is 2.68 bits per heavy atom. The molecule has 34 heavy (non-hydrogen) atoms. The molecule has 2 aromatic rings. The molecule has 1 aliphatic rings. The minimum atomic E-state index is -0.407. The number of nitro groups is 1. The van der Waals surface area contributed by atoms with Crippen molar-refractivity contribution in [2.45, 2.75) is 45.7 Å². The number of carbonyl (C=O) groups is 1. The van der Waals surface area contributed by atoms with Crippen LogP contribution in [0.5, 0.6) is 0 Å². The van der Waals surface area contributed by atoms with E-state index in [1.807, 2.05) is 20.8 Å². The normalized spacial score (nSPS) is 16.8. The van der Waals surface area contributed by atoms with E-state index < -0.39 is 4.92 Å². The molecule has 1 aliphatic heterocycles. The van der Waals surface area contributed by atoms with E-state index in [1.54, 1.807) is 35.2 Å². The van der Waals surface area contributed by atoms with Gasteiger partial charge >= 0.3 is 6.09 Å². The first kappa shape index (κ1) is 25.9. The molecule has 0 unspecified atom stereocenters. The van der Waals surface area contributed by atoms with Crippen molar-refractivity contribution >= 4 is 46.4 Å². The molecule has 184 valence electrons. The fourth-order valence-electron chi connectivity index (χ4n) is 4.04. The van der Waals surface area contributed by atoms with Gasteiger partial charge in [-0.3, -0.25) is 10.1 Å². The highest BCUT2D eigenvalue weighted by Crippen LogP contribution is 2.35. The number of amides is 1. The fourth-order valence-corrected chi connectivity index (χ4v) is 4.62. The maximum Gasteiger partial charge on any atom is 0.409 e. The molecule has 1 amide bonds. The second-order valence-corrected chi connectivity index (χ2v) is 9.29. The number of piperazine rings is 1. The number of unbranched alkanes of at least 4 members (excludes halogenated alkanes) is 1. The molecular formula is C24H30Cl2N4O4. The van der Waals surface area contributed by atoms with Crippen molar-refractivity contribution in [2.24, 2.45) is 0 Å². The van der Waals surface area contributed by atoms with Crippen LogP contribution in [-0.2, 0) is 4.74 Å². The molecule has 0 spiro atoms. The van der Waals surface area contributed by atoms with E-state index in [-0.39, 0.29) is 23.9 Å². The zero-order valence-corrected chi connectivity index (χ0v) is 21.1. The fraction of sp³-hybridized carbons (Fsp3) is 0.458. The van der Waals surface area contributed by atoms with E-state index in [1.165, 1.54) is 6.07 Å². The third-order valence-corrected chi connectivity index (χ3v) is 6.48. The number of halogens is 2. The molecule has 8 nitrogen and oxygen atoms in total. The van der Waals surface area contributed by atoms with Gasteiger partial charge in [0.25, 0.3) is 5.69 Å². The summed E-state index contributed by atoms with van der Waals surface area (Å²) in [4.78, 5) is 27.5. The molecule has 1 fully saturated rings. The largest absolute Gasteiger partial charge is 0.449 e. The number of nitrogens with zero attached hydrogens (tertiary/aromatic N) is 3. The minimum Gasteiger partial charge on any atom is -0.449 e. The maximum atomic E-state index is 12.3. The van der Waals surface area contributed by atoms with Gasteiger partial charge in [0.2, 0.25) is 0 Å². The highest BCUT2D eigenvalue weighted by Gasteiger charge is 2.29. The second kappa shape index (κ2) is 11.6. The van der Waals surface area contributed by atoms with Crippen LogP contribution in [-0.4, -0.2) is 48.2 Å². The van der Waals surface area contributed by atoms with Crippen molar-refractivity contribution in [1.82, 2.24) is 4.90 Å². The molecule has 0 aliphatic carbocycles. The Balaban J connectivity index is 1.77. The van der Waals surface area contributed by atoms with Gasteiger partial charge in [-0.2, -0.15) is 0 Å². The van der Waals surface area contributed by atoms with Gasteiger partial charge in [0.15, 0.2) is 0 Å². The average molecular weight is 509 g/mol. The Morgan fingerprint density at radius 2 is 2.03 bits per heavy atom. The highest BCUT2D eigenvalue weighted by molar-refractivity contribution is 6.35. The van der Waals surface area contributed by atoms with Crippen molar-refractivity contribution in [3.8, 4) is 0 Å². The lowest BCUT2D eigenvalue weighted by Crippen LogP contribution is -2.54. The summed E-state index contributed by atoms with van der Waals surface area (Å²) in [5, 5.41) is 15.9. The summed E-state index contributed by atoms with van der Waals surface area (Å²) in [6, 6.07) is 9.95. The van der Waals surface area contributed by atoms with Crippen LogP contribution in [0.2, 0.25) is 10.0 Å². The number of hydrogen-bond acceptors (Lipinski definition) is 6. The second-order valence-electron chi connectivity index (χ2n) is 8.45. The zero-order chi connectivity index (χ0) is 24.8. The van der Waals surface area contributed by atoms with Crippen molar-refractivity contribution in [1.29, 1.82) is 0 Å². The molecule has 0 radical (unpaired) electrons. The van der Waals surface area contributed by atoms with Crippen molar-refractivity contribution in [3.63, 3.8) is 0 Å². The van der Waals surface area contributed by atoms with Gasteiger partial charge in [-0.1, -0.05) is 42.6 Å². The lowest BCUT2D eigenvalue weighted by molar-refractivity contribution is -0.384. The number of nitro benzene ring substituents is 1. The summed E-state index contributed by atoms with van der Waals surface area (Å²) < 4.78 is 5.34. The zero-order valence-electron chi connectivity index (χ0n) is 19.6. The van der Waals surface area contributed by atoms with Crippen LogP contribution in [0.15, 0.2) is 36.4 Å². The van der Waals surface area contributed by atoms with E-state index in [0.29, 0.717) is 42.0 Å².